The maximum absolute atomic E-state index is 11.6. The average molecular weight is 275 g/mol. The number of benzene rings is 1. The quantitative estimate of drug-likeness (QED) is 0.516. The topological polar surface area (TPSA) is 45.3 Å². The molecule has 1 heterocycles. The first-order valence-electron chi connectivity index (χ1n) is 5.76. The standard InChI is InChI=1S/C14H12ClN3O/c15-13-7-3-2-6-12(13)10-16-17-14(19)11-18-8-4-1-5-9-18/h1-10H,11H2/p+1/b16-10-. The van der Waals surface area contributed by atoms with Gasteiger partial charge < -0.3 is 0 Å². The lowest BCUT2D eigenvalue weighted by atomic mass is 10.2. The summed E-state index contributed by atoms with van der Waals surface area (Å²) in [6.07, 6.45) is 5.16. The molecule has 1 N–H and O–H groups in total. The summed E-state index contributed by atoms with van der Waals surface area (Å²) in [6.45, 7) is 0.223. The third-order valence-electron chi connectivity index (χ3n) is 2.40. The highest BCUT2D eigenvalue weighted by Crippen LogP contribution is 2.11. The van der Waals surface area contributed by atoms with Gasteiger partial charge in [0, 0.05) is 22.7 Å². The molecule has 0 radical (unpaired) electrons. The normalized spacial score (nSPS) is 10.6. The van der Waals surface area contributed by atoms with Crippen molar-refractivity contribution >= 4 is 23.7 Å². The Kier molecular flexibility index (Phi) is 4.64. The Morgan fingerprint density at radius 3 is 2.68 bits per heavy atom. The number of nitrogens with zero attached hydrogens (tertiary/aromatic N) is 2. The molecule has 2 aromatic rings. The fourth-order valence-electron chi connectivity index (χ4n) is 1.49. The molecule has 5 heteroatoms. The van der Waals surface area contributed by atoms with Gasteiger partial charge >= 0.3 is 5.91 Å². The van der Waals surface area contributed by atoms with Crippen LogP contribution >= 0.6 is 11.6 Å². The summed E-state index contributed by atoms with van der Waals surface area (Å²) in [5.74, 6) is -0.195. The van der Waals surface area contributed by atoms with E-state index < -0.39 is 0 Å². The number of carbonyl (C=O) groups is 1. The Balaban J connectivity index is 1.89. The van der Waals surface area contributed by atoms with E-state index in [0.29, 0.717) is 5.02 Å². The molecule has 96 valence electrons. The van der Waals surface area contributed by atoms with Gasteiger partial charge in [-0.1, -0.05) is 35.9 Å². The second-order valence-electron chi connectivity index (χ2n) is 3.86. The minimum absolute atomic E-state index is 0.195. The van der Waals surface area contributed by atoms with Gasteiger partial charge in [-0.25, -0.2) is 5.43 Å². The highest BCUT2D eigenvalue weighted by Gasteiger charge is 2.06. The zero-order valence-electron chi connectivity index (χ0n) is 10.2. The summed E-state index contributed by atoms with van der Waals surface area (Å²) in [5.41, 5.74) is 3.22. The predicted molar refractivity (Wildman–Crippen MR) is 73.8 cm³/mol. The van der Waals surface area contributed by atoms with Gasteiger partial charge in [-0.3, -0.25) is 4.79 Å². The van der Waals surface area contributed by atoms with Crippen molar-refractivity contribution in [1.29, 1.82) is 0 Å². The summed E-state index contributed by atoms with van der Waals surface area (Å²) in [4.78, 5) is 11.6. The fraction of sp³-hybridized carbons (Fsp3) is 0.0714. The van der Waals surface area contributed by atoms with Crippen LogP contribution < -0.4 is 9.99 Å². The molecule has 0 unspecified atom stereocenters. The summed E-state index contributed by atoms with van der Waals surface area (Å²) in [5, 5.41) is 4.47. The minimum Gasteiger partial charge on any atom is -0.266 e. The number of rotatable bonds is 4. The highest BCUT2D eigenvalue weighted by molar-refractivity contribution is 6.33. The van der Waals surface area contributed by atoms with Crippen molar-refractivity contribution < 1.29 is 9.36 Å². The molecule has 0 bridgehead atoms. The maximum atomic E-state index is 11.6. The van der Waals surface area contributed by atoms with E-state index in [1.807, 2.05) is 48.8 Å². The number of hydrazone groups is 1. The van der Waals surface area contributed by atoms with Crippen LogP contribution in [0.3, 0.4) is 0 Å². The molecule has 0 saturated heterocycles. The van der Waals surface area contributed by atoms with Crippen molar-refractivity contribution in [3.8, 4) is 0 Å². The Morgan fingerprint density at radius 2 is 1.95 bits per heavy atom. The second-order valence-corrected chi connectivity index (χ2v) is 4.27. The average Bonchev–Trinajstić information content (AvgIpc) is 2.42. The fourth-order valence-corrected chi connectivity index (χ4v) is 1.68. The van der Waals surface area contributed by atoms with E-state index in [4.69, 9.17) is 11.6 Å². The SMILES string of the molecule is O=C(C[n+]1ccccc1)N/N=C\c1ccccc1Cl. The van der Waals surface area contributed by atoms with Gasteiger partial charge in [-0.2, -0.15) is 9.67 Å². The predicted octanol–water partition coefficient (Wildman–Crippen LogP) is 1.78. The maximum Gasteiger partial charge on any atom is 0.305 e. The van der Waals surface area contributed by atoms with E-state index in [2.05, 4.69) is 10.5 Å². The van der Waals surface area contributed by atoms with E-state index in [9.17, 15) is 4.79 Å². The Hall–Kier alpha value is -2.20. The smallest absolute Gasteiger partial charge is 0.266 e. The Morgan fingerprint density at radius 1 is 1.21 bits per heavy atom. The zero-order chi connectivity index (χ0) is 13.5. The van der Waals surface area contributed by atoms with E-state index in [-0.39, 0.29) is 12.5 Å². The van der Waals surface area contributed by atoms with Crippen molar-refractivity contribution in [3.63, 3.8) is 0 Å². The van der Waals surface area contributed by atoms with Crippen molar-refractivity contribution in [2.45, 2.75) is 6.54 Å². The molecule has 0 spiro atoms. The number of halogens is 1. The van der Waals surface area contributed by atoms with Crippen LogP contribution in [0.5, 0.6) is 0 Å². The lowest BCUT2D eigenvalue weighted by molar-refractivity contribution is -0.684. The molecule has 4 nitrogen and oxygen atoms in total. The number of pyridine rings is 1. The lowest BCUT2D eigenvalue weighted by Crippen LogP contribution is -2.40. The molecule has 0 atom stereocenters. The molecule has 1 aromatic carbocycles. The Bertz CT molecular complexity index is 584. The van der Waals surface area contributed by atoms with Gasteiger partial charge in [-0.15, -0.1) is 0 Å². The van der Waals surface area contributed by atoms with Gasteiger partial charge in [0.05, 0.1) is 6.21 Å². The molecule has 1 amide bonds. The number of carbonyl (C=O) groups excluding carboxylic acids is 1. The first-order valence-corrected chi connectivity index (χ1v) is 6.14. The van der Waals surface area contributed by atoms with Gasteiger partial charge in [0.2, 0.25) is 6.54 Å². The molecular formula is C14H13ClN3O+. The molecule has 0 fully saturated rings. The van der Waals surface area contributed by atoms with Crippen LogP contribution in [0.4, 0.5) is 0 Å². The van der Waals surface area contributed by atoms with Crippen molar-refractivity contribution in [2.24, 2.45) is 5.10 Å². The molecular weight excluding hydrogens is 262 g/mol. The Labute approximate surface area is 116 Å². The van der Waals surface area contributed by atoms with Crippen LogP contribution in [0.15, 0.2) is 60.0 Å². The monoisotopic (exact) mass is 274 g/mol. The number of aromatic nitrogens is 1. The molecule has 19 heavy (non-hydrogen) atoms. The number of hydrogen-bond acceptors (Lipinski definition) is 2. The summed E-state index contributed by atoms with van der Waals surface area (Å²) in [7, 11) is 0. The molecule has 0 aliphatic heterocycles. The zero-order valence-corrected chi connectivity index (χ0v) is 10.9. The van der Waals surface area contributed by atoms with Gasteiger partial charge in [-0.05, 0) is 6.07 Å². The number of hydrogen-bond donors (Lipinski definition) is 1. The van der Waals surface area contributed by atoms with Crippen molar-refractivity contribution in [2.75, 3.05) is 0 Å². The van der Waals surface area contributed by atoms with Crippen molar-refractivity contribution in [3.05, 3.63) is 65.4 Å². The van der Waals surface area contributed by atoms with Crippen LogP contribution in [0.1, 0.15) is 5.56 Å². The molecule has 0 aliphatic rings. The molecule has 1 aromatic heterocycles. The molecule has 0 aliphatic carbocycles. The van der Waals surface area contributed by atoms with Crippen LogP contribution in [-0.4, -0.2) is 12.1 Å². The van der Waals surface area contributed by atoms with Gasteiger partial charge in [0.25, 0.3) is 0 Å². The largest absolute Gasteiger partial charge is 0.305 e. The number of amides is 1. The van der Waals surface area contributed by atoms with E-state index >= 15 is 0 Å². The van der Waals surface area contributed by atoms with Crippen LogP contribution in [0.25, 0.3) is 0 Å². The minimum atomic E-state index is -0.195. The summed E-state index contributed by atoms with van der Waals surface area (Å²) in [6, 6.07) is 12.9. The molecule has 0 saturated carbocycles. The van der Waals surface area contributed by atoms with Crippen molar-refractivity contribution in [1.82, 2.24) is 5.43 Å². The first kappa shape index (κ1) is 13.2. The van der Waals surface area contributed by atoms with Crippen LogP contribution in [0, 0.1) is 0 Å². The van der Waals surface area contributed by atoms with Gasteiger partial charge in [0.1, 0.15) is 0 Å². The van der Waals surface area contributed by atoms with Crippen LogP contribution in [0.2, 0.25) is 5.02 Å². The number of nitrogens with one attached hydrogen (secondary N) is 1. The summed E-state index contributed by atoms with van der Waals surface area (Å²) >= 11 is 5.96. The van der Waals surface area contributed by atoms with Gasteiger partial charge in [0.15, 0.2) is 12.4 Å². The second kappa shape index (κ2) is 6.66. The molecule has 2 rings (SSSR count). The highest BCUT2D eigenvalue weighted by atomic mass is 35.5. The first-order chi connectivity index (χ1) is 9.25. The third kappa shape index (κ3) is 4.19. The summed E-state index contributed by atoms with van der Waals surface area (Å²) < 4.78 is 1.76. The van der Waals surface area contributed by atoms with E-state index in [0.717, 1.165) is 5.56 Å². The van der Waals surface area contributed by atoms with E-state index in [1.54, 1.807) is 10.6 Å². The van der Waals surface area contributed by atoms with E-state index in [1.165, 1.54) is 6.21 Å². The third-order valence-corrected chi connectivity index (χ3v) is 2.75. The van der Waals surface area contributed by atoms with Crippen LogP contribution in [-0.2, 0) is 11.3 Å². The lowest BCUT2D eigenvalue weighted by Gasteiger charge is -1.98.